The maximum Gasteiger partial charge on any atom is 0.164 e. The summed E-state index contributed by atoms with van der Waals surface area (Å²) in [4.78, 5) is 4.92. The number of pyridine rings is 1. The van der Waals surface area contributed by atoms with Crippen molar-refractivity contribution < 1.29 is 4.74 Å². The van der Waals surface area contributed by atoms with Crippen molar-refractivity contribution in [1.82, 2.24) is 14.6 Å². The molecule has 11 heavy (non-hydrogen) atoms. The molecule has 2 heterocycles. The van der Waals surface area contributed by atoms with Gasteiger partial charge in [-0.1, -0.05) is 4.49 Å². The first-order chi connectivity index (χ1) is 5.40. The van der Waals surface area contributed by atoms with Crippen LogP contribution in [0.2, 0.25) is 0 Å². The second-order valence-corrected chi connectivity index (χ2v) is 2.70. The zero-order chi connectivity index (χ0) is 7.68. The van der Waals surface area contributed by atoms with Gasteiger partial charge in [0, 0.05) is 17.6 Å². The van der Waals surface area contributed by atoms with Gasteiger partial charge in [-0.25, -0.2) is 4.98 Å². The van der Waals surface area contributed by atoms with Gasteiger partial charge < -0.3 is 4.74 Å². The van der Waals surface area contributed by atoms with E-state index in [1.165, 1.54) is 11.5 Å². The molecule has 56 valence electrons. The molecule has 0 atom stereocenters. The summed E-state index contributed by atoms with van der Waals surface area (Å²) >= 11 is 1.28. The van der Waals surface area contributed by atoms with Crippen LogP contribution >= 0.6 is 11.5 Å². The molecular formula is C6H5N3OS. The van der Waals surface area contributed by atoms with Crippen molar-refractivity contribution in [2.24, 2.45) is 0 Å². The summed E-state index contributed by atoms with van der Waals surface area (Å²) in [5, 5.41) is 3.85. The van der Waals surface area contributed by atoms with E-state index in [0.29, 0.717) is 5.75 Å². The standard InChI is InChI=1S/C6H5N3OS/c1-10-4-2-5-6(7-3-4)11-9-8-5/h2-3H,1H3. The first-order valence-electron chi connectivity index (χ1n) is 3.02. The molecule has 0 radical (unpaired) electrons. The second kappa shape index (κ2) is 2.43. The molecule has 0 aliphatic carbocycles. The molecule has 2 aromatic rings. The maximum atomic E-state index is 4.97. The van der Waals surface area contributed by atoms with Crippen molar-refractivity contribution in [2.45, 2.75) is 0 Å². The summed E-state index contributed by atoms with van der Waals surface area (Å²) in [5.41, 5.74) is 0.786. The highest BCUT2D eigenvalue weighted by Gasteiger charge is 1.99. The number of aromatic nitrogens is 3. The number of hydrogen-bond donors (Lipinski definition) is 0. The highest BCUT2D eigenvalue weighted by Crippen LogP contribution is 2.17. The molecule has 0 bridgehead atoms. The normalized spacial score (nSPS) is 10.3. The van der Waals surface area contributed by atoms with E-state index in [2.05, 4.69) is 14.6 Å². The molecule has 0 N–H and O–H groups in total. The van der Waals surface area contributed by atoms with E-state index in [9.17, 15) is 0 Å². The minimum absolute atomic E-state index is 0.713. The number of rotatable bonds is 1. The van der Waals surface area contributed by atoms with Crippen molar-refractivity contribution in [2.75, 3.05) is 7.11 Å². The van der Waals surface area contributed by atoms with Gasteiger partial charge in [-0.3, -0.25) is 0 Å². The number of ether oxygens (including phenoxy) is 1. The lowest BCUT2D eigenvalue weighted by Gasteiger charge is -1.94. The summed E-state index contributed by atoms with van der Waals surface area (Å²) in [6.07, 6.45) is 1.65. The molecule has 2 aromatic heterocycles. The fraction of sp³-hybridized carbons (Fsp3) is 0.167. The van der Waals surface area contributed by atoms with E-state index in [1.54, 1.807) is 13.3 Å². The van der Waals surface area contributed by atoms with Gasteiger partial charge in [0.25, 0.3) is 0 Å². The van der Waals surface area contributed by atoms with E-state index < -0.39 is 0 Å². The molecule has 0 aromatic carbocycles. The van der Waals surface area contributed by atoms with E-state index in [-0.39, 0.29) is 0 Å². The Kier molecular flexibility index (Phi) is 1.43. The molecule has 0 spiro atoms. The quantitative estimate of drug-likeness (QED) is 0.638. The average Bonchev–Trinajstić information content (AvgIpc) is 2.50. The van der Waals surface area contributed by atoms with Gasteiger partial charge in [0.2, 0.25) is 0 Å². The molecule has 0 unspecified atom stereocenters. The molecule has 0 saturated carbocycles. The van der Waals surface area contributed by atoms with Gasteiger partial charge in [0.1, 0.15) is 11.3 Å². The highest BCUT2D eigenvalue weighted by molar-refractivity contribution is 7.12. The number of nitrogens with zero attached hydrogens (tertiary/aromatic N) is 3. The topological polar surface area (TPSA) is 47.9 Å². The molecule has 0 saturated heterocycles. The average molecular weight is 167 g/mol. The highest BCUT2D eigenvalue weighted by atomic mass is 32.1. The molecule has 0 fully saturated rings. The minimum atomic E-state index is 0.713. The Morgan fingerprint density at radius 1 is 1.55 bits per heavy atom. The van der Waals surface area contributed by atoms with Crippen LogP contribution in [0.25, 0.3) is 10.3 Å². The van der Waals surface area contributed by atoms with E-state index in [0.717, 1.165) is 10.3 Å². The van der Waals surface area contributed by atoms with E-state index >= 15 is 0 Å². The van der Waals surface area contributed by atoms with Crippen molar-refractivity contribution in [1.29, 1.82) is 0 Å². The van der Waals surface area contributed by atoms with Gasteiger partial charge in [0.15, 0.2) is 4.83 Å². The minimum Gasteiger partial charge on any atom is -0.495 e. The summed E-state index contributed by atoms with van der Waals surface area (Å²) in [5.74, 6) is 0.713. The zero-order valence-electron chi connectivity index (χ0n) is 5.81. The third-order valence-corrected chi connectivity index (χ3v) is 1.97. The van der Waals surface area contributed by atoms with Gasteiger partial charge in [-0.15, -0.1) is 5.10 Å². The van der Waals surface area contributed by atoms with E-state index in [1.807, 2.05) is 6.07 Å². The molecule has 4 nitrogen and oxygen atoms in total. The lowest BCUT2D eigenvalue weighted by Crippen LogP contribution is -1.83. The molecule has 0 amide bonds. The van der Waals surface area contributed by atoms with Gasteiger partial charge in [-0.05, 0) is 0 Å². The molecule has 2 rings (SSSR count). The largest absolute Gasteiger partial charge is 0.495 e. The smallest absolute Gasteiger partial charge is 0.164 e. The van der Waals surface area contributed by atoms with Crippen LogP contribution in [0.5, 0.6) is 5.75 Å². The van der Waals surface area contributed by atoms with Crippen LogP contribution in [0.3, 0.4) is 0 Å². The van der Waals surface area contributed by atoms with Gasteiger partial charge >= 0.3 is 0 Å². The van der Waals surface area contributed by atoms with Gasteiger partial charge in [0.05, 0.1) is 13.3 Å². The Labute approximate surface area is 67.0 Å². The number of hydrogen-bond acceptors (Lipinski definition) is 5. The van der Waals surface area contributed by atoms with Crippen LogP contribution in [0.4, 0.5) is 0 Å². The Hall–Kier alpha value is -1.23. The number of fused-ring (bicyclic) bond motifs is 1. The third kappa shape index (κ3) is 1.03. The third-order valence-electron chi connectivity index (χ3n) is 1.32. The van der Waals surface area contributed by atoms with Crippen molar-refractivity contribution in [3.05, 3.63) is 12.3 Å². The fourth-order valence-electron chi connectivity index (χ4n) is 0.779. The van der Waals surface area contributed by atoms with Crippen LogP contribution in [0.15, 0.2) is 12.3 Å². The summed E-state index contributed by atoms with van der Waals surface area (Å²) in [7, 11) is 1.60. The zero-order valence-corrected chi connectivity index (χ0v) is 6.63. The first kappa shape index (κ1) is 6.48. The first-order valence-corrected chi connectivity index (χ1v) is 3.79. The predicted molar refractivity (Wildman–Crippen MR) is 41.8 cm³/mol. The SMILES string of the molecule is COc1cnc2snnc2c1. The molecule has 0 aliphatic rings. The number of methoxy groups -OCH3 is 1. The summed E-state index contributed by atoms with van der Waals surface area (Å²) < 4.78 is 8.72. The van der Waals surface area contributed by atoms with Crippen molar-refractivity contribution >= 4 is 21.9 Å². The van der Waals surface area contributed by atoms with E-state index in [4.69, 9.17) is 4.74 Å². The molecular weight excluding hydrogens is 162 g/mol. The Balaban J connectivity index is 2.67. The van der Waals surface area contributed by atoms with Crippen LogP contribution in [0, 0.1) is 0 Å². The molecule has 5 heteroatoms. The Morgan fingerprint density at radius 3 is 3.27 bits per heavy atom. The van der Waals surface area contributed by atoms with Crippen LogP contribution in [-0.2, 0) is 0 Å². The van der Waals surface area contributed by atoms with Crippen LogP contribution in [0.1, 0.15) is 0 Å². The van der Waals surface area contributed by atoms with Gasteiger partial charge in [-0.2, -0.15) is 0 Å². The monoisotopic (exact) mass is 167 g/mol. The van der Waals surface area contributed by atoms with Crippen molar-refractivity contribution in [3.8, 4) is 5.75 Å². The molecule has 0 aliphatic heterocycles. The lowest BCUT2D eigenvalue weighted by atomic mass is 10.4. The fourth-order valence-corrected chi connectivity index (χ4v) is 1.28. The van der Waals surface area contributed by atoms with Crippen LogP contribution in [-0.4, -0.2) is 21.7 Å². The summed E-state index contributed by atoms with van der Waals surface area (Å²) in [6.45, 7) is 0. The second-order valence-electron chi connectivity index (χ2n) is 1.97. The maximum absolute atomic E-state index is 4.97. The summed E-state index contributed by atoms with van der Waals surface area (Å²) in [6, 6.07) is 1.81. The Bertz CT molecular complexity index is 373. The lowest BCUT2D eigenvalue weighted by molar-refractivity contribution is 0.413. The Morgan fingerprint density at radius 2 is 2.45 bits per heavy atom. The van der Waals surface area contributed by atoms with Crippen molar-refractivity contribution in [3.63, 3.8) is 0 Å². The predicted octanol–water partition coefficient (Wildman–Crippen LogP) is 1.09. The van der Waals surface area contributed by atoms with Crippen LogP contribution < -0.4 is 4.74 Å².